The fraction of sp³-hybridized carbons (Fsp3) is 0.500. The minimum Gasteiger partial charge on any atom is -0.339 e. The second-order valence-electron chi connectivity index (χ2n) is 6.59. The molecule has 2 aliphatic heterocycles. The van der Waals surface area contributed by atoms with E-state index in [1.165, 1.54) is 24.6 Å². The minimum atomic E-state index is 0.127. The van der Waals surface area contributed by atoms with Crippen molar-refractivity contribution < 1.29 is 4.79 Å². The van der Waals surface area contributed by atoms with Crippen LogP contribution in [0.2, 0.25) is 0 Å². The molecule has 132 valence electrons. The van der Waals surface area contributed by atoms with E-state index in [0.717, 1.165) is 37.2 Å². The predicted octanol–water partition coefficient (Wildman–Crippen LogP) is 1.92. The Kier molecular flexibility index (Phi) is 5.03. The third kappa shape index (κ3) is 3.72. The summed E-state index contributed by atoms with van der Waals surface area (Å²) in [7, 11) is 0. The Bertz CT molecular complexity index is 706. The molecule has 2 fully saturated rings. The van der Waals surface area contributed by atoms with Crippen LogP contribution in [0, 0.1) is 0 Å². The van der Waals surface area contributed by atoms with Gasteiger partial charge in [0, 0.05) is 55.0 Å². The van der Waals surface area contributed by atoms with E-state index in [2.05, 4.69) is 15.1 Å². The number of nitrogens with zero attached hydrogens (tertiary/aromatic N) is 5. The largest absolute Gasteiger partial charge is 0.339 e. The predicted molar refractivity (Wildman–Crippen MR) is 99.2 cm³/mol. The van der Waals surface area contributed by atoms with Gasteiger partial charge in [-0.15, -0.1) is 10.2 Å². The molecule has 1 amide bonds. The quantitative estimate of drug-likeness (QED) is 0.840. The van der Waals surface area contributed by atoms with E-state index < -0.39 is 0 Å². The van der Waals surface area contributed by atoms with E-state index in [9.17, 15) is 4.79 Å². The van der Waals surface area contributed by atoms with Crippen molar-refractivity contribution >= 4 is 17.7 Å². The lowest BCUT2D eigenvalue weighted by molar-refractivity contribution is 0.0631. The van der Waals surface area contributed by atoms with E-state index in [1.807, 2.05) is 45.5 Å². The zero-order valence-corrected chi connectivity index (χ0v) is 15.1. The van der Waals surface area contributed by atoms with Crippen LogP contribution in [-0.4, -0.2) is 74.2 Å². The molecule has 1 aromatic heterocycles. The highest BCUT2D eigenvalue weighted by Gasteiger charge is 2.28. The molecule has 25 heavy (non-hydrogen) atoms. The molecule has 7 heteroatoms. The zero-order chi connectivity index (χ0) is 17.1. The Balaban J connectivity index is 1.40. The molecule has 0 unspecified atom stereocenters. The van der Waals surface area contributed by atoms with Gasteiger partial charge in [-0.2, -0.15) is 11.8 Å². The third-order valence-corrected chi connectivity index (χ3v) is 6.07. The number of thioether (sulfide) groups is 1. The number of likely N-dealkylation sites (tertiary alicyclic amines) is 1. The molecule has 4 rings (SSSR count). The van der Waals surface area contributed by atoms with Crippen molar-refractivity contribution in [3.63, 3.8) is 0 Å². The number of hydrogen-bond acceptors (Lipinski definition) is 5. The summed E-state index contributed by atoms with van der Waals surface area (Å²) in [5.74, 6) is 2.62. The number of benzene rings is 1. The third-order valence-electron chi connectivity index (χ3n) is 5.12. The van der Waals surface area contributed by atoms with Crippen LogP contribution < -0.4 is 0 Å². The van der Waals surface area contributed by atoms with Gasteiger partial charge < -0.3 is 4.90 Å². The number of aromatic nitrogens is 3. The lowest BCUT2D eigenvalue weighted by Gasteiger charge is -2.40. The maximum atomic E-state index is 12.9. The Morgan fingerprint density at radius 1 is 1.04 bits per heavy atom. The molecular weight excluding hydrogens is 334 g/mol. The smallest absolute Gasteiger partial charge is 0.253 e. The van der Waals surface area contributed by atoms with Crippen molar-refractivity contribution in [1.82, 2.24) is 24.6 Å². The van der Waals surface area contributed by atoms with Gasteiger partial charge in [-0.05, 0) is 31.0 Å². The van der Waals surface area contributed by atoms with Gasteiger partial charge in [0.15, 0.2) is 0 Å². The van der Waals surface area contributed by atoms with Gasteiger partial charge in [0.05, 0.1) is 0 Å². The molecule has 0 radical (unpaired) electrons. The molecule has 0 atom stereocenters. The number of hydrogen-bond donors (Lipinski definition) is 0. The maximum Gasteiger partial charge on any atom is 0.253 e. The molecule has 2 aromatic rings. The van der Waals surface area contributed by atoms with E-state index in [4.69, 9.17) is 0 Å². The van der Waals surface area contributed by atoms with Crippen molar-refractivity contribution in [2.45, 2.75) is 18.9 Å². The molecule has 0 N–H and O–H groups in total. The summed E-state index contributed by atoms with van der Waals surface area (Å²) < 4.78 is 1.82. The van der Waals surface area contributed by atoms with Crippen LogP contribution >= 0.6 is 11.8 Å². The molecule has 0 bridgehead atoms. The summed E-state index contributed by atoms with van der Waals surface area (Å²) in [6, 6.07) is 8.33. The van der Waals surface area contributed by atoms with Gasteiger partial charge in [-0.25, -0.2) is 0 Å². The number of rotatable bonds is 3. The topological polar surface area (TPSA) is 54.3 Å². The second kappa shape index (κ2) is 7.58. The van der Waals surface area contributed by atoms with Crippen LogP contribution in [0.3, 0.4) is 0 Å². The van der Waals surface area contributed by atoms with Crippen LogP contribution in [0.4, 0.5) is 0 Å². The molecule has 0 aliphatic carbocycles. The lowest BCUT2D eigenvalue weighted by Crippen LogP contribution is -2.49. The van der Waals surface area contributed by atoms with Gasteiger partial charge >= 0.3 is 0 Å². The summed E-state index contributed by atoms with van der Waals surface area (Å²) in [6.07, 6.45) is 5.46. The molecule has 0 spiro atoms. The molecule has 6 nitrogen and oxygen atoms in total. The average Bonchev–Trinajstić information content (AvgIpc) is 3.23. The summed E-state index contributed by atoms with van der Waals surface area (Å²) in [6.45, 7) is 4.10. The van der Waals surface area contributed by atoms with Crippen LogP contribution in [0.25, 0.3) is 5.69 Å². The Morgan fingerprint density at radius 3 is 2.48 bits per heavy atom. The highest BCUT2D eigenvalue weighted by atomic mass is 32.2. The van der Waals surface area contributed by atoms with Crippen LogP contribution in [0.1, 0.15) is 23.2 Å². The van der Waals surface area contributed by atoms with E-state index in [0.29, 0.717) is 6.04 Å². The minimum absolute atomic E-state index is 0.127. The molecular formula is C18H23N5OS. The number of piperidine rings is 1. The van der Waals surface area contributed by atoms with Crippen LogP contribution in [0.5, 0.6) is 0 Å². The molecule has 2 saturated heterocycles. The monoisotopic (exact) mass is 357 g/mol. The van der Waals surface area contributed by atoms with Gasteiger partial charge in [0.1, 0.15) is 12.7 Å². The fourth-order valence-electron chi connectivity index (χ4n) is 3.69. The molecule has 3 heterocycles. The summed E-state index contributed by atoms with van der Waals surface area (Å²) in [5.41, 5.74) is 1.65. The van der Waals surface area contributed by atoms with Gasteiger partial charge in [0.2, 0.25) is 0 Å². The van der Waals surface area contributed by atoms with Gasteiger partial charge in [-0.1, -0.05) is 6.07 Å². The Morgan fingerprint density at radius 2 is 1.76 bits per heavy atom. The first-order valence-electron chi connectivity index (χ1n) is 8.87. The fourth-order valence-corrected chi connectivity index (χ4v) is 4.62. The van der Waals surface area contributed by atoms with Crippen molar-refractivity contribution in [1.29, 1.82) is 0 Å². The molecule has 2 aliphatic rings. The first kappa shape index (κ1) is 16.6. The molecule has 1 aromatic carbocycles. The first-order chi connectivity index (χ1) is 12.3. The number of carbonyl (C=O) groups is 1. The average molecular weight is 357 g/mol. The van der Waals surface area contributed by atoms with E-state index in [1.54, 1.807) is 12.7 Å². The van der Waals surface area contributed by atoms with Crippen LogP contribution in [-0.2, 0) is 0 Å². The Hall–Kier alpha value is -1.86. The van der Waals surface area contributed by atoms with Crippen molar-refractivity contribution in [2.24, 2.45) is 0 Å². The SMILES string of the molecule is O=C(c1cccc(-n2cnnc2)c1)N1CCC(N2CCSCC2)CC1. The van der Waals surface area contributed by atoms with Crippen molar-refractivity contribution in [3.8, 4) is 5.69 Å². The highest BCUT2D eigenvalue weighted by Crippen LogP contribution is 2.22. The van der Waals surface area contributed by atoms with Crippen molar-refractivity contribution in [2.75, 3.05) is 37.7 Å². The first-order valence-corrected chi connectivity index (χ1v) is 10.0. The molecule has 0 saturated carbocycles. The van der Waals surface area contributed by atoms with Gasteiger partial charge in [-0.3, -0.25) is 14.3 Å². The normalized spacial score (nSPS) is 19.9. The standard InChI is InChI=1S/C18H23N5OS/c24-18(15-2-1-3-17(12-15)23-13-19-20-14-23)22-6-4-16(5-7-22)21-8-10-25-11-9-21/h1-3,12-14,16H,4-11H2. The zero-order valence-electron chi connectivity index (χ0n) is 14.3. The van der Waals surface area contributed by atoms with Crippen molar-refractivity contribution in [3.05, 3.63) is 42.5 Å². The maximum absolute atomic E-state index is 12.9. The summed E-state index contributed by atoms with van der Waals surface area (Å²) >= 11 is 2.05. The highest BCUT2D eigenvalue weighted by molar-refractivity contribution is 7.99. The Labute approximate surface area is 152 Å². The van der Waals surface area contributed by atoms with E-state index in [-0.39, 0.29) is 5.91 Å². The lowest BCUT2D eigenvalue weighted by atomic mass is 10.0. The second-order valence-corrected chi connectivity index (χ2v) is 7.82. The van der Waals surface area contributed by atoms with Gasteiger partial charge in [0.25, 0.3) is 5.91 Å². The summed E-state index contributed by atoms with van der Waals surface area (Å²) in [4.78, 5) is 17.5. The number of amides is 1. The summed E-state index contributed by atoms with van der Waals surface area (Å²) in [5, 5.41) is 7.65. The van der Waals surface area contributed by atoms with Crippen LogP contribution in [0.15, 0.2) is 36.9 Å². The van der Waals surface area contributed by atoms with E-state index >= 15 is 0 Å². The number of carbonyl (C=O) groups excluding carboxylic acids is 1.